The quantitative estimate of drug-likeness (QED) is 0.730. The average Bonchev–Trinajstić information content (AvgIpc) is 2.84. The van der Waals surface area contributed by atoms with E-state index < -0.39 is 40.2 Å². The fourth-order valence-electron chi connectivity index (χ4n) is 2.36. The van der Waals surface area contributed by atoms with E-state index in [0.29, 0.717) is 12.0 Å². The molecule has 1 heterocycles. The molecule has 1 aromatic carbocycles. The second kappa shape index (κ2) is 7.61. The topological polar surface area (TPSA) is 98.8 Å². The zero-order valence-electron chi connectivity index (χ0n) is 13.1. The number of benzene rings is 1. The van der Waals surface area contributed by atoms with Crippen molar-refractivity contribution in [2.75, 3.05) is 25.2 Å². The minimum absolute atomic E-state index is 0.0424. The van der Waals surface area contributed by atoms with Crippen LogP contribution in [0.3, 0.4) is 0 Å². The summed E-state index contributed by atoms with van der Waals surface area (Å²) in [4.78, 5) is 23.3. The Bertz CT molecular complexity index is 733. The van der Waals surface area contributed by atoms with E-state index in [1.807, 2.05) is 0 Å². The van der Waals surface area contributed by atoms with Gasteiger partial charge in [-0.15, -0.1) is 0 Å². The summed E-state index contributed by atoms with van der Waals surface area (Å²) in [6.45, 7) is -0.506. The lowest BCUT2D eigenvalue weighted by Crippen LogP contribution is -2.38. The molecule has 1 fully saturated rings. The van der Waals surface area contributed by atoms with Crippen LogP contribution in [0.15, 0.2) is 18.2 Å². The molecule has 1 saturated heterocycles. The first-order valence-electron chi connectivity index (χ1n) is 7.27. The third kappa shape index (κ3) is 5.19. The Hall–Kier alpha value is -2.16. The van der Waals surface area contributed by atoms with Crippen LogP contribution in [0.2, 0.25) is 0 Å². The van der Waals surface area contributed by atoms with Crippen molar-refractivity contribution in [1.29, 1.82) is 0 Å². The van der Waals surface area contributed by atoms with Crippen LogP contribution in [-0.2, 0) is 30.6 Å². The SMILES string of the molecule is COc1ccc(CC(=O)OCC(=O)N[C@@H]2CCS(=O)(=O)C2)cc1F. The van der Waals surface area contributed by atoms with Gasteiger partial charge in [0, 0.05) is 6.04 Å². The van der Waals surface area contributed by atoms with Gasteiger partial charge in [0.1, 0.15) is 0 Å². The number of carbonyl (C=O) groups is 2. The first-order valence-corrected chi connectivity index (χ1v) is 9.09. The summed E-state index contributed by atoms with van der Waals surface area (Å²) < 4.78 is 45.7. The van der Waals surface area contributed by atoms with E-state index in [0.717, 1.165) is 6.07 Å². The number of amides is 1. The first-order chi connectivity index (χ1) is 11.3. The van der Waals surface area contributed by atoms with Crippen molar-refractivity contribution in [2.45, 2.75) is 18.9 Å². The molecule has 0 aromatic heterocycles. The van der Waals surface area contributed by atoms with E-state index in [-0.39, 0.29) is 23.7 Å². The zero-order chi connectivity index (χ0) is 17.7. The molecule has 0 spiro atoms. The lowest BCUT2D eigenvalue weighted by atomic mass is 10.1. The van der Waals surface area contributed by atoms with Crippen molar-refractivity contribution in [3.8, 4) is 5.75 Å². The van der Waals surface area contributed by atoms with Gasteiger partial charge in [-0.3, -0.25) is 9.59 Å². The van der Waals surface area contributed by atoms with Gasteiger partial charge in [0.15, 0.2) is 28.0 Å². The summed E-state index contributed by atoms with van der Waals surface area (Å²) in [5.74, 6) is -1.83. The number of halogens is 1. The predicted octanol–water partition coefficient (Wildman–Crippen LogP) is 0.223. The van der Waals surface area contributed by atoms with Gasteiger partial charge in [-0.1, -0.05) is 6.07 Å². The molecule has 0 aliphatic carbocycles. The molecule has 2 rings (SSSR count). The summed E-state index contributed by atoms with van der Waals surface area (Å²) in [6, 6.07) is 3.62. The van der Waals surface area contributed by atoms with E-state index in [2.05, 4.69) is 5.32 Å². The third-order valence-corrected chi connectivity index (χ3v) is 5.29. The highest BCUT2D eigenvalue weighted by molar-refractivity contribution is 7.91. The number of sulfone groups is 1. The maximum atomic E-state index is 13.5. The number of carbonyl (C=O) groups excluding carboxylic acids is 2. The molecular formula is C15H18FNO6S. The molecular weight excluding hydrogens is 341 g/mol. The van der Waals surface area contributed by atoms with Crippen LogP contribution < -0.4 is 10.1 Å². The molecule has 0 unspecified atom stereocenters. The molecule has 0 bridgehead atoms. The standard InChI is InChI=1S/C15H18FNO6S/c1-22-13-3-2-10(6-12(13)16)7-15(19)23-8-14(18)17-11-4-5-24(20,21)9-11/h2-3,6,11H,4-5,7-9H2,1H3,(H,17,18)/t11-/m1/s1. The summed E-state index contributed by atoms with van der Waals surface area (Å²) >= 11 is 0. The van der Waals surface area contributed by atoms with Crippen molar-refractivity contribution in [3.63, 3.8) is 0 Å². The molecule has 0 radical (unpaired) electrons. The fraction of sp³-hybridized carbons (Fsp3) is 0.467. The largest absolute Gasteiger partial charge is 0.494 e. The van der Waals surface area contributed by atoms with Crippen molar-refractivity contribution in [1.82, 2.24) is 5.32 Å². The summed E-state index contributed by atoms with van der Waals surface area (Å²) in [5.41, 5.74) is 0.389. The Labute approximate surface area is 139 Å². The highest BCUT2D eigenvalue weighted by Crippen LogP contribution is 2.18. The number of esters is 1. The molecule has 1 atom stereocenters. The smallest absolute Gasteiger partial charge is 0.310 e. The van der Waals surface area contributed by atoms with E-state index in [9.17, 15) is 22.4 Å². The Kier molecular flexibility index (Phi) is 5.76. The molecule has 7 nitrogen and oxygen atoms in total. The maximum absolute atomic E-state index is 13.5. The highest BCUT2D eigenvalue weighted by atomic mass is 32.2. The van der Waals surface area contributed by atoms with E-state index in [4.69, 9.17) is 9.47 Å². The summed E-state index contributed by atoms with van der Waals surface area (Å²) in [6.07, 6.45) is 0.166. The molecule has 1 aromatic rings. The average molecular weight is 359 g/mol. The van der Waals surface area contributed by atoms with Gasteiger partial charge in [0.05, 0.1) is 25.0 Å². The summed E-state index contributed by atoms with van der Waals surface area (Å²) in [5, 5.41) is 2.51. The molecule has 1 amide bonds. The van der Waals surface area contributed by atoms with Crippen molar-refractivity contribution in [3.05, 3.63) is 29.6 Å². The monoisotopic (exact) mass is 359 g/mol. The number of hydrogen-bond donors (Lipinski definition) is 1. The van der Waals surface area contributed by atoms with Crippen molar-refractivity contribution in [2.24, 2.45) is 0 Å². The van der Waals surface area contributed by atoms with Gasteiger partial charge >= 0.3 is 5.97 Å². The number of nitrogens with one attached hydrogen (secondary N) is 1. The normalized spacial score (nSPS) is 18.8. The van der Waals surface area contributed by atoms with Crippen molar-refractivity contribution >= 4 is 21.7 Å². The second-order valence-electron chi connectivity index (χ2n) is 5.47. The van der Waals surface area contributed by atoms with Gasteiger partial charge in [-0.25, -0.2) is 12.8 Å². The molecule has 24 heavy (non-hydrogen) atoms. The maximum Gasteiger partial charge on any atom is 0.310 e. The van der Waals surface area contributed by atoms with Crippen LogP contribution in [0.25, 0.3) is 0 Å². The lowest BCUT2D eigenvalue weighted by Gasteiger charge is -2.11. The molecule has 1 N–H and O–H groups in total. The van der Waals surface area contributed by atoms with Gasteiger partial charge < -0.3 is 14.8 Å². The van der Waals surface area contributed by atoms with Crippen LogP contribution in [0, 0.1) is 5.82 Å². The van der Waals surface area contributed by atoms with Crippen LogP contribution in [0.5, 0.6) is 5.75 Å². The Morgan fingerprint density at radius 2 is 2.12 bits per heavy atom. The molecule has 1 aliphatic rings. The highest BCUT2D eigenvalue weighted by Gasteiger charge is 2.29. The van der Waals surface area contributed by atoms with Crippen LogP contribution in [-0.4, -0.2) is 51.6 Å². The minimum atomic E-state index is -3.09. The fourth-order valence-corrected chi connectivity index (χ4v) is 4.04. The van der Waals surface area contributed by atoms with Gasteiger partial charge in [-0.2, -0.15) is 0 Å². The lowest BCUT2D eigenvalue weighted by molar-refractivity contribution is -0.148. The Balaban J connectivity index is 1.76. The predicted molar refractivity (Wildman–Crippen MR) is 82.8 cm³/mol. The van der Waals surface area contributed by atoms with Crippen LogP contribution in [0.4, 0.5) is 4.39 Å². The number of ether oxygens (including phenoxy) is 2. The first kappa shape index (κ1) is 18.2. The van der Waals surface area contributed by atoms with Gasteiger partial charge in [-0.05, 0) is 24.1 Å². The minimum Gasteiger partial charge on any atom is -0.494 e. The van der Waals surface area contributed by atoms with E-state index >= 15 is 0 Å². The van der Waals surface area contributed by atoms with E-state index in [1.54, 1.807) is 0 Å². The second-order valence-corrected chi connectivity index (χ2v) is 7.70. The molecule has 9 heteroatoms. The molecule has 0 saturated carbocycles. The van der Waals surface area contributed by atoms with Crippen molar-refractivity contribution < 1.29 is 31.9 Å². The Morgan fingerprint density at radius 3 is 2.71 bits per heavy atom. The number of methoxy groups -OCH3 is 1. The number of hydrogen-bond acceptors (Lipinski definition) is 6. The molecule has 1 aliphatic heterocycles. The zero-order valence-corrected chi connectivity index (χ0v) is 13.9. The molecule has 132 valence electrons. The third-order valence-electron chi connectivity index (χ3n) is 3.53. The Morgan fingerprint density at radius 1 is 1.38 bits per heavy atom. The van der Waals surface area contributed by atoms with Gasteiger partial charge in [0.25, 0.3) is 5.91 Å². The van der Waals surface area contributed by atoms with Crippen LogP contribution in [0.1, 0.15) is 12.0 Å². The van der Waals surface area contributed by atoms with Gasteiger partial charge in [0.2, 0.25) is 0 Å². The van der Waals surface area contributed by atoms with E-state index in [1.165, 1.54) is 19.2 Å². The van der Waals surface area contributed by atoms with Crippen LogP contribution >= 0.6 is 0 Å². The summed E-state index contributed by atoms with van der Waals surface area (Å²) in [7, 11) is -1.76. The number of rotatable bonds is 6.